The Labute approximate surface area is 122 Å². The lowest BCUT2D eigenvalue weighted by molar-refractivity contribution is 0.0945. The van der Waals surface area contributed by atoms with E-state index in [1.807, 2.05) is 0 Å². The fourth-order valence-corrected chi connectivity index (χ4v) is 2.77. The topological polar surface area (TPSA) is 29.1 Å². The second-order valence-corrected chi connectivity index (χ2v) is 5.59. The summed E-state index contributed by atoms with van der Waals surface area (Å²) < 4.78 is 13.0. The second-order valence-electron chi connectivity index (χ2n) is 4.80. The van der Waals surface area contributed by atoms with Crippen LogP contribution in [0.4, 0.5) is 4.39 Å². The number of benzene rings is 1. The molecule has 1 atom stereocenters. The van der Waals surface area contributed by atoms with Gasteiger partial charge in [-0.15, -0.1) is 0 Å². The van der Waals surface area contributed by atoms with Crippen LogP contribution in [-0.4, -0.2) is 17.8 Å². The van der Waals surface area contributed by atoms with Gasteiger partial charge in [-0.1, -0.05) is 29.3 Å². The van der Waals surface area contributed by atoms with E-state index in [2.05, 4.69) is 28.2 Å². The number of nitrogens with one attached hydrogen (secondary N) is 1. The minimum absolute atomic E-state index is 0.117. The summed E-state index contributed by atoms with van der Waals surface area (Å²) in [5, 5.41) is 3.89. The van der Waals surface area contributed by atoms with Gasteiger partial charge in [-0.3, -0.25) is 4.79 Å². The molecule has 1 unspecified atom stereocenters. The number of hydrogen-bond acceptors (Lipinski definition) is 1. The van der Waals surface area contributed by atoms with Gasteiger partial charge >= 0.3 is 0 Å². The number of halogens is 2. The highest BCUT2D eigenvalue weighted by Crippen LogP contribution is 2.13. The summed E-state index contributed by atoms with van der Waals surface area (Å²) in [6, 6.07) is 4.25. The Hall–Kier alpha value is -0.900. The molecule has 0 saturated carbocycles. The molecule has 0 bridgehead atoms. The van der Waals surface area contributed by atoms with Crippen LogP contribution in [0.25, 0.3) is 0 Å². The maximum absolute atomic E-state index is 13.0. The largest absolute Gasteiger partial charge is 0.352 e. The van der Waals surface area contributed by atoms with Gasteiger partial charge in [-0.05, 0) is 49.4 Å². The number of hydrogen-bond donors (Lipinski definition) is 1. The zero-order valence-electron chi connectivity index (χ0n) is 11.5. The van der Waals surface area contributed by atoms with Crippen LogP contribution in [0.2, 0.25) is 0 Å². The Balaban J connectivity index is 2.58. The quantitative estimate of drug-likeness (QED) is 0.751. The molecule has 19 heavy (non-hydrogen) atoms. The lowest BCUT2D eigenvalue weighted by atomic mass is 10.0. The van der Waals surface area contributed by atoms with Crippen molar-refractivity contribution in [1.82, 2.24) is 5.32 Å². The number of rotatable bonds is 7. The highest BCUT2D eigenvalue weighted by atomic mass is 79.9. The first-order chi connectivity index (χ1) is 9.08. The van der Waals surface area contributed by atoms with Crippen molar-refractivity contribution in [3.63, 3.8) is 0 Å². The molecular formula is C15H21BrFNO. The second kappa shape index (κ2) is 8.31. The van der Waals surface area contributed by atoms with Crippen molar-refractivity contribution >= 4 is 21.8 Å². The monoisotopic (exact) mass is 329 g/mol. The lowest BCUT2D eigenvalue weighted by Gasteiger charge is -2.16. The van der Waals surface area contributed by atoms with Gasteiger partial charge in [-0.2, -0.15) is 0 Å². The van der Waals surface area contributed by atoms with E-state index in [4.69, 9.17) is 0 Å². The van der Waals surface area contributed by atoms with Crippen molar-refractivity contribution in [2.24, 2.45) is 5.92 Å². The molecule has 0 radical (unpaired) electrons. The lowest BCUT2D eigenvalue weighted by Crippen LogP contribution is -2.30. The molecule has 0 aliphatic carbocycles. The van der Waals surface area contributed by atoms with Gasteiger partial charge in [0.05, 0.1) is 0 Å². The standard InChI is InChI=1S/C15H21BrFNO/c1-3-4-12(7-8-16)10-18-15(19)14-6-5-13(17)9-11(14)2/h5-6,9,12H,3-4,7-8,10H2,1-2H3,(H,18,19). The molecule has 1 aromatic carbocycles. The number of carbonyl (C=O) groups excluding carboxylic acids is 1. The van der Waals surface area contributed by atoms with E-state index >= 15 is 0 Å². The van der Waals surface area contributed by atoms with E-state index in [1.165, 1.54) is 12.1 Å². The highest BCUT2D eigenvalue weighted by molar-refractivity contribution is 9.09. The Morgan fingerprint density at radius 2 is 2.16 bits per heavy atom. The van der Waals surface area contributed by atoms with Gasteiger partial charge in [-0.25, -0.2) is 4.39 Å². The van der Waals surface area contributed by atoms with Gasteiger partial charge in [0.2, 0.25) is 0 Å². The molecule has 0 fully saturated rings. The summed E-state index contributed by atoms with van der Waals surface area (Å²) in [7, 11) is 0. The average Bonchev–Trinajstić information content (AvgIpc) is 2.36. The maximum atomic E-state index is 13.0. The van der Waals surface area contributed by atoms with Crippen LogP contribution < -0.4 is 5.32 Å². The first kappa shape index (κ1) is 16.2. The predicted octanol–water partition coefficient (Wildman–Crippen LogP) is 4.07. The Kier molecular flexibility index (Phi) is 7.06. The van der Waals surface area contributed by atoms with Crippen LogP contribution in [0.3, 0.4) is 0 Å². The fourth-order valence-electron chi connectivity index (χ4n) is 2.13. The van der Waals surface area contributed by atoms with E-state index in [9.17, 15) is 9.18 Å². The minimum Gasteiger partial charge on any atom is -0.352 e. The fraction of sp³-hybridized carbons (Fsp3) is 0.533. The molecule has 2 nitrogen and oxygen atoms in total. The summed E-state index contributed by atoms with van der Waals surface area (Å²) in [6.07, 6.45) is 3.27. The van der Waals surface area contributed by atoms with Crippen LogP contribution in [0.15, 0.2) is 18.2 Å². The third-order valence-electron chi connectivity index (χ3n) is 3.20. The van der Waals surface area contributed by atoms with Crippen molar-refractivity contribution in [3.8, 4) is 0 Å². The molecule has 0 heterocycles. The van der Waals surface area contributed by atoms with Gasteiger partial charge in [0.15, 0.2) is 0 Å². The SMILES string of the molecule is CCCC(CCBr)CNC(=O)c1ccc(F)cc1C. The van der Waals surface area contributed by atoms with E-state index in [-0.39, 0.29) is 11.7 Å². The van der Waals surface area contributed by atoms with E-state index in [0.717, 1.165) is 24.6 Å². The highest BCUT2D eigenvalue weighted by Gasteiger charge is 2.12. The molecule has 0 spiro atoms. The average molecular weight is 330 g/mol. The summed E-state index contributed by atoms with van der Waals surface area (Å²) in [4.78, 5) is 12.0. The number of aryl methyl sites for hydroxylation is 1. The van der Waals surface area contributed by atoms with Crippen LogP contribution in [0.5, 0.6) is 0 Å². The van der Waals surface area contributed by atoms with Crippen LogP contribution in [0.1, 0.15) is 42.1 Å². The number of amides is 1. The molecular weight excluding hydrogens is 309 g/mol. The summed E-state index contributed by atoms with van der Waals surface area (Å²) in [5.74, 6) is 0.0689. The van der Waals surface area contributed by atoms with Crippen molar-refractivity contribution in [2.45, 2.75) is 33.1 Å². The zero-order valence-corrected chi connectivity index (χ0v) is 13.1. The molecule has 0 aliphatic heterocycles. The molecule has 0 aliphatic rings. The molecule has 0 saturated heterocycles. The van der Waals surface area contributed by atoms with E-state index < -0.39 is 0 Å². The van der Waals surface area contributed by atoms with Crippen molar-refractivity contribution < 1.29 is 9.18 Å². The van der Waals surface area contributed by atoms with Crippen LogP contribution in [0, 0.1) is 18.7 Å². The van der Waals surface area contributed by atoms with E-state index in [1.54, 1.807) is 13.0 Å². The Bertz CT molecular complexity index is 417. The van der Waals surface area contributed by atoms with Gasteiger partial charge in [0, 0.05) is 17.4 Å². The van der Waals surface area contributed by atoms with Crippen molar-refractivity contribution in [1.29, 1.82) is 0 Å². The summed E-state index contributed by atoms with van der Waals surface area (Å²) in [5.41, 5.74) is 1.22. The first-order valence-electron chi connectivity index (χ1n) is 6.68. The molecule has 106 valence electrons. The predicted molar refractivity (Wildman–Crippen MR) is 80.3 cm³/mol. The maximum Gasteiger partial charge on any atom is 0.251 e. The smallest absolute Gasteiger partial charge is 0.251 e. The Morgan fingerprint density at radius 3 is 2.74 bits per heavy atom. The number of alkyl halides is 1. The third-order valence-corrected chi connectivity index (χ3v) is 3.66. The molecule has 0 aromatic heterocycles. The van der Waals surface area contributed by atoms with Gasteiger partial charge < -0.3 is 5.32 Å². The van der Waals surface area contributed by atoms with Gasteiger partial charge in [0.1, 0.15) is 5.82 Å². The van der Waals surface area contributed by atoms with Crippen LogP contribution >= 0.6 is 15.9 Å². The normalized spacial score (nSPS) is 12.2. The number of carbonyl (C=O) groups is 1. The molecule has 1 amide bonds. The van der Waals surface area contributed by atoms with Gasteiger partial charge in [0.25, 0.3) is 5.91 Å². The molecule has 1 rings (SSSR count). The third kappa shape index (κ3) is 5.31. The van der Waals surface area contributed by atoms with Crippen LogP contribution in [-0.2, 0) is 0 Å². The molecule has 4 heteroatoms. The van der Waals surface area contributed by atoms with Crippen molar-refractivity contribution in [2.75, 3.05) is 11.9 Å². The Morgan fingerprint density at radius 1 is 1.42 bits per heavy atom. The summed E-state index contributed by atoms with van der Waals surface area (Å²) in [6.45, 7) is 4.57. The first-order valence-corrected chi connectivity index (χ1v) is 7.81. The molecule has 1 aromatic rings. The summed E-state index contributed by atoms with van der Waals surface area (Å²) >= 11 is 3.44. The zero-order chi connectivity index (χ0) is 14.3. The van der Waals surface area contributed by atoms with E-state index in [0.29, 0.717) is 23.6 Å². The minimum atomic E-state index is -0.308. The van der Waals surface area contributed by atoms with Crippen molar-refractivity contribution in [3.05, 3.63) is 35.1 Å². The molecule has 1 N–H and O–H groups in total.